The molecule has 0 fully saturated rings. The second-order valence-electron chi connectivity index (χ2n) is 4.02. The molecular weight excluding hydrogens is 390 g/mol. The molecule has 0 atom stereocenters. The highest BCUT2D eigenvalue weighted by atomic mass is 127. The minimum absolute atomic E-state index is 0.279. The standard InChI is InChI=1S/C13H8FIN4S/c14-9-1-2-11(10(15)7-9)19-12(17-18-13(19)20)8-3-5-16-6-4-8/h1-7H,(H,18,20). The van der Waals surface area contributed by atoms with Gasteiger partial charge in [0.1, 0.15) is 5.82 Å². The number of rotatable bonds is 2. The second-order valence-corrected chi connectivity index (χ2v) is 5.57. The lowest BCUT2D eigenvalue weighted by atomic mass is 10.2. The highest BCUT2D eigenvalue weighted by Crippen LogP contribution is 2.24. The molecule has 0 unspecified atom stereocenters. The smallest absolute Gasteiger partial charge is 0.200 e. The fourth-order valence-electron chi connectivity index (χ4n) is 1.88. The molecule has 7 heteroatoms. The van der Waals surface area contributed by atoms with Crippen LogP contribution in [-0.4, -0.2) is 19.7 Å². The highest BCUT2D eigenvalue weighted by molar-refractivity contribution is 14.1. The molecule has 0 saturated heterocycles. The van der Waals surface area contributed by atoms with Crippen molar-refractivity contribution in [2.75, 3.05) is 0 Å². The monoisotopic (exact) mass is 398 g/mol. The van der Waals surface area contributed by atoms with Gasteiger partial charge in [-0.25, -0.2) is 4.39 Å². The van der Waals surface area contributed by atoms with Crippen molar-refractivity contribution in [1.82, 2.24) is 19.7 Å². The average molecular weight is 398 g/mol. The predicted molar refractivity (Wildman–Crippen MR) is 84.7 cm³/mol. The summed E-state index contributed by atoms with van der Waals surface area (Å²) in [4.78, 5) is 3.98. The van der Waals surface area contributed by atoms with Gasteiger partial charge in [0.2, 0.25) is 0 Å². The average Bonchev–Trinajstić information content (AvgIpc) is 2.82. The Kier molecular flexibility index (Phi) is 3.62. The lowest BCUT2D eigenvalue weighted by molar-refractivity contribution is 0.626. The second kappa shape index (κ2) is 5.41. The van der Waals surface area contributed by atoms with E-state index in [2.05, 4.69) is 37.8 Å². The maximum absolute atomic E-state index is 13.2. The first-order valence-corrected chi connectivity index (χ1v) is 7.19. The third-order valence-electron chi connectivity index (χ3n) is 2.76. The summed E-state index contributed by atoms with van der Waals surface area (Å²) >= 11 is 7.36. The zero-order chi connectivity index (χ0) is 14.1. The lowest BCUT2D eigenvalue weighted by Crippen LogP contribution is -2.00. The Balaban J connectivity index is 2.25. The molecule has 1 N–H and O–H groups in total. The maximum Gasteiger partial charge on any atom is 0.200 e. The third-order valence-corrected chi connectivity index (χ3v) is 3.90. The summed E-state index contributed by atoms with van der Waals surface area (Å²) in [7, 11) is 0. The van der Waals surface area contributed by atoms with Gasteiger partial charge in [-0.15, -0.1) is 0 Å². The van der Waals surface area contributed by atoms with Crippen LogP contribution in [-0.2, 0) is 0 Å². The van der Waals surface area contributed by atoms with Gasteiger partial charge in [0.25, 0.3) is 0 Å². The van der Waals surface area contributed by atoms with Crippen LogP contribution in [0, 0.1) is 14.2 Å². The van der Waals surface area contributed by atoms with Crippen molar-refractivity contribution in [3.05, 3.63) is 56.9 Å². The Morgan fingerprint density at radius 2 is 1.95 bits per heavy atom. The Bertz CT molecular complexity index is 813. The minimum atomic E-state index is -0.279. The molecule has 0 radical (unpaired) electrons. The van der Waals surface area contributed by atoms with Crippen LogP contribution >= 0.6 is 34.8 Å². The molecule has 0 spiro atoms. The van der Waals surface area contributed by atoms with E-state index in [1.165, 1.54) is 12.1 Å². The van der Waals surface area contributed by atoms with Gasteiger partial charge in [-0.2, -0.15) is 5.10 Å². The molecule has 0 aliphatic heterocycles. The molecule has 0 amide bonds. The van der Waals surface area contributed by atoms with Gasteiger partial charge in [0.15, 0.2) is 10.6 Å². The number of aromatic amines is 1. The topological polar surface area (TPSA) is 46.5 Å². The first kappa shape index (κ1) is 13.4. The minimum Gasteiger partial charge on any atom is -0.267 e. The largest absolute Gasteiger partial charge is 0.267 e. The Labute approximate surface area is 132 Å². The predicted octanol–water partition coefficient (Wildman–Crippen LogP) is 3.74. The number of hydrogen-bond donors (Lipinski definition) is 1. The van der Waals surface area contributed by atoms with Crippen LogP contribution in [0.3, 0.4) is 0 Å². The van der Waals surface area contributed by atoms with E-state index < -0.39 is 0 Å². The molecule has 0 saturated carbocycles. The molecule has 1 aromatic carbocycles. The van der Waals surface area contributed by atoms with E-state index in [0.717, 1.165) is 14.8 Å². The molecule has 0 bridgehead atoms. The van der Waals surface area contributed by atoms with Crippen LogP contribution in [0.2, 0.25) is 0 Å². The van der Waals surface area contributed by atoms with Crippen molar-refractivity contribution in [1.29, 1.82) is 0 Å². The van der Waals surface area contributed by atoms with E-state index >= 15 is 0 Å². The van der Waals surface area contributed by atoms with E-state index in [9.17, 15) is 4.39 Å². The SMILES string of the molecule is Fc1ccc(-n2c(-c3ccncc3)n[nH]c2=S)c(I)c1. The number of aromatic nitrogens is 4. The molecule has 3 aromatic rings. The fourth-order valence-corrected chi connectivity index (χ4v) is 2.83. The van der Waals surface area contributed by atoms with Crippen LogP contribution in [0.25, 0.3) is 17.1 Å². The molecule has 0 aliphatic carbocycles. The Morgan fingerprint density at radius 1 is 1.20 bits per heavy atom. The Hall–Kier alpha value is -1.61. The van der Waals surface area contributed by atoms with Gasteiger partial charge in [0.05, 0.1) is 5.69 Å². The van der Waals surface area contributed by atoms with Crippen molar-refractivity contribution < 1.29 is 4.39 Å². The first-order valence-electron chi connectivity index (χ1n) is 5.70. The van der Waals surface area contributed by atoms with Gasteiger partial charge in [0, 0.05) is 21.5 Å². The summed E-state index contributed by atoms with van der Waals surface area (Å²) in [6.45, 7) is 0. The van der Waals surface area contributed by atoms with Crippen LogP contribution in [0.15, 0.2) is 42.7 Å². The van der Waals surface area contributed by atoms with Gasteiger partial charge in [-0.3, -0.25) is 14.6 Å². The van der Waals surface area contributed by atoms with E-state index in [4.69, 9.17) is 12.2 Å². The van der Waals surface area contributed by atoms with E-state index in [1.807, 2.05) is 12.1 Å². The number of hydrogen-bond acceptors (Lipinski definition) is 3. The van der Waals surface area contributed by atoms with Crippen molar-refractivity contribution in [3.63, 3.8) is 0 Å². The fraction of sp³-hybridized carbons (Fsp3) is 0. The van der Waals surface area contributed by atoms with Crippen LogP contribution in [0.1, 0.15) is 0 Å². The molecule has 20 heavy (non-hydrogen) atoms. The molecule has 2 heterocycles. The third kappa shape index (κ3) is 2.38. The lowest BCUT2D eigenvalue weighted by Gasteiger charge is -2.09. The number of H-pyrrole nitrogens is 1. The van der Waals surface area contributed by atoms with E-state index in [0.29, 0.717) is 10.6 Å². The molecule has 2 aromatic heterocycles. The van der Waals surface area contributed by atoms with Gasteiger partial charge in [-0.05, 0) is 65.1 Å². The van der Waals surface area contributed by atoms with Crippen molar-refractivity contribution in [2.45, 2.75) is 0 Å². The van der Waals surface area contributed by atoms with Gasteiger partial charge < -0.3 is 0 Å². The summed E-state index contributed by atoms with van der Waals surface area (Å²) in [5, 5.41) is 7.02. The summed E-state index contributed by atoms with van der Waals surface area (Å²) in [6, 6.07) is 8.24. The van der Waals surface area contributed by atoms with Crippen LogP contribution in [0.4, 0.5) is 4.39 Å². The molecule has 3 rings (SSSR count). The number of nitrogens with zero attached hydrogens (tertiary/aromatic N) is 3. The van der Waals surface area contributed by atoms with Crippen LogP contribution in [0.5, 0.6) is 0 Å². The zero-order valence-electron chi connectivity index (χ0n) is 10.0. The molecular formula is C13H8FIN4S. The number of halogens is 2. The number of benzene rings is 1. The summed E-state index contributed by atoms with van der Waals surface area (Å²) in [5.74, 6) is 0.389. The molecule has 0 aliphatic rings. The van der Waals surface area contributed by atoms with Crippen molar-refractivity contribution >= 4 is 34.8 Å². The molecule has 4 nitrogen and oxygen atoms in total. The number of pyridine rings is 1. The first-order chi connectivity index (χ1) is 9.66. The quantitative estimate of drug-likeness (QED) is 0.529. The van der Waals surface area contributed by atoms with Gasteiger partial charge in [-0.1, -0.05) is 0 Å². The van der Waals surface area contributed by atoms with Crippen molar-refractivity contribution in [2.24, 2.45) is 0 Å². The highest BCUT2D eigenvalue weighted by Gasteiger charge is 2.13. The van der Waals surface area contributed by atoms with Crippen molar-refractivity contribution in [3.8, 4) is 17.1 Å². The zero-order valence-corrected chi connectivity index (χ0v) is 13.0. The van der Waals surface area contributed by atoms with Crippen LogP contribution < -0.4 is 0 Å². The van der Waals surface area contributed by atoms with Gasteiger partial charge >= 0.3 is 0 Å². The Morgan fingerprint density at radius 3 is 2.65 bits per heavy atom. The van der Waals surface area contributed by atoms with E-state index in [-0.39, 0.29) is 5.82 Å². The normalized spacial score (nSPS) is 10.7. The summed E-state index contributed by atoms with van der Waals surface area (Å²) in [6.07, 6.45) is 3.38. The summed E-state index contributed by atoms with van der Waals surface area (Å²) < 4.78 is 16.2. The number of nitrogens with one attached hydrogen (secondary N) is 1. The maximum atomic E-state index is 13.2. The molecule has 100 valence electrons. The van der Waals surface area contributed by atoms with E-state index in [1.54, 1.807) is 23.0 Å². The summed E-state index contributed by atoms with van der Waals surface area (Å²) in [5.41, 5.74) is 1.67.